The molecule has 3 rings (SSSR count). The maximum Gasteiger partial charge on any atom is 0.0346 e. The topological polar surface area (TPSA) is 12.9 Å². The van der Waals surface area contributed by atoms with Crippen LogP contribution in [0.2, 0.25) is 0 Å². The summed E-state index contributed by atoms with van der Waals surface area (Å²) in [5, 5.41) is 0. The minimum Gasteiger partial charge on any atom is -0.264 e. The van der Waals surface area contributed by atoms with Crippen LogP contribution < -0.4 is 0 Å². The Hall–Kier alpha value is -2.41. The van der Waals surface area contributed by atoms with Gasteiger partial charge < -0.3 is 0 Å². The van der Waals surface area contributed by atoms with Crippen LogP contribution in [0.25, 0.3) is 22.3 Å². The van der Waals surface area contributed by atoms with Gasteiger partial charge in [-0.25, -0.2) is 0 Å². The molecule has 18 heavy (non-hydrogen) atoms. The molecule has 85 valence electrons. The minimum atomic E-state index is 1.12. The summed E-state index contributed by atoms with van der Waals surface area (Å²) in [4.78, 5) is 4.18. The third kappa shape index (κ3) is 2.03. The second kappa shape index (κ2) is 4.84. The Balaban J connectivity index is 2.18. The van der Waals surface area contributed by atoms with Crippen LogP contribution >= 0.6 is 0 Å². The van der Waals surface area contributed by atoms with Crippen LogP contribution in [0.15, 0.2) is 73.1 Å². The highest BCUT2D eigenvalue weighted by molar-refractivity contribution is 5.82. The van der Waals surface area contributed by atoms with Crippen LogP contribution in [0, 0.1) is 6.07 Å². The first-order valence-corrected chi connectivity index (χ1v) is 5.91. The first-order valence-electron chi connectivity index (χ1n) is 5.91. The van der Waals surface area contributed by atoms with E-state index in [1.54, 1.807) is 6.20 Å². The molecule has 0 amide bonds. The van der Waals surface area contributed by atoms with E-state index in [2.05, 4.69) is 47.4 Å². The van der Waals surface area contributed by atoms with Gasteiger partial charge in [-0.15, -0.1) is 0 Å². The molecule has 2 aromatic carbocycles. The number of benzene rings is 2. The van der Waals surface area contributed by atoms with Crippen molar-refractivity contribution >= 4 is 0 Å². The van der Waals surface area contributed by atoms with Gasteiger partial charge in [0.2, 0.25) is 0 Å². The van der Waals surface area contributed by atoms with Crippen molar-refractivity contribution in [1.29, 1.82) is 0 Å². The van der Waals surface area contributed by atoms with Crippen molar-refractivity contribution in [2.75, 3.05) is 0 Å². The normalized spacial score (nSPS) is 10.2. The lowest BCUT2D eigenvalue weighted by atomic mass is 9.96. The van der Waals surface area contributed by atoms with Crippen LogP contribution in [0.3, 0.4) is 0 Å². The Morgan fingerprint density at radius 3 is 2.39 bits per heavy atom. The van der Waals surface area contributed by atoms with Gasteiger partial charge in [0.15, 0.2) is 0 Å². The molecule has 1 heterocycles. The van der Waals surface area contributed by atoms with Crippen molar-refractivity contribution in [3.8, 4) is 22.3 Å². The Bertz CT molecular complexity index is 572. The fraction of sp³-hybridized carbons (Fsp3) is 0. The zero-order valence-corrected chi connectivity index (χ0v) is 9.88. The van der Waals surface area contributed by atoms with E-state index in [9.17, 15) is 0 Å². The minimum absolute atomic E-state index is 1.12. The average molecular weight is 230 g/mol. The van der Waals surface area contributed by atoms with E-state index in [4.69, 9.17) is 0 Å². The lowest BCUT2D eigenvalue weighted by molar-refractivity contribution is 1.33. The van der Waals surface area contributed by atoms with Gasteiger partial charge in [-0.05, 0) is 34.9 Å². The molecule has 0 aliphatic rings. The van der Waals surface area contributed by atoms with Gasteiger partial charge >= 0.3 is 0 Å². The molecule has 0 unspecified atom stereocenters. The number of rotatable bonds is 2. The molecule has 1 aromatic heterocycles. The zero-order valence-electron chi connectivity index (χ0n) is 9.88. The van der Waals surface area contributed by atoms with Crippen LogP contribution in [-0.4, -0.2) is 4.98 Å². The molecule has 1 radical (unpaired) electrons. The van der Waals surface area contributed by atoms with Gasteiger partial charge in [0, 0.05) is 18.0 Å². The zero-order chi connectivity index (χ0) is 12.2. The Kier molecular flexibility index (Phi) is 2.89. The summed E-state index contributed by atoms with van der Waals surface area (Å²) >= 11 is 0. The molecule has 1 nitrogen and oxygen atoms in total. The van der Waals surface area contributed by atoms with Crippen molar-refractivity contribution in [2.24, 2.45) is 0 Å². The van der Waals surface area contributed by atoms with Crippen molar-refractivity contribution in [3.63, 3.8) is 0 Å². The van der Waals surface area contributed by atoms with Crippen molar-refractivity contribution < 1.29 is 0 Å². The summed E-state index contributed by atoms with van der Waals surface area (Å²) in [5.41, 5.74) is 4.71. The lowest BCUT2D eigenvalue weighted by Crippen LogP contribution is -1.85. The van der Waals surface area contributed by atoms with Crippen LogP contribution in [-0.2, 0) is 0 Å². The van der Waals surface area contributed by atoms with Crippen LogP contribution in [0.1, 0.15) is 0 Å². The van der Waals surface area contributed by atoms with Gasteiger partial charge in [0.05, 0.1) is 0 Å². The predicted molar refractivity (Wildman–Crippen MR) is 73.9 cm³/mol. The number of nitrogens with zero attached hydrogens (tertiary/aromatic N) is 1. The molecule has 0 aliphatic heterocycles. The molecule has 0 N–H and O–H groups in total. The molecule has 0 atom stereocenters. The van der Waals surface area contributed by atoms with Gasteiger partial charge in [-0.3, -0.25) is 4.98 Å². The van der Waals surface area contributed by atoms with E-state index in [1.807, 2.05) is 30.5 Å². The van der Waals surface area contributed by atoms with Crippen molar-refractivity contribution in [3.05, 3.63) is 79.1 Å². The maximum atomic E-state index is 4.18. The molecular formula is C17H12N. The summed E-state index contributed by atoms with van der Waals surface area (Å²) < 4.78 is 0. The van der Waals surface area contributed by atoms with Crippen LogP contribution in [0.4, 0.5) is 0 Å². The third-order valence-corrected chi connectivity index (χ3v) is 2.92. The monoisotopic (exact) mass is 230 g/mol. The Morgan fingerprint density at radius 1 is 0.778 bits per heavy atom. The fourth-order valence-electron chi connectivity index (χ4n) is 2.06. The summed E-state index contributed by atoms with van der Waals surface area (Å²) in [5.74, 6) is 0. The molecule has 3 aromatic rings. The molecule has 0 aliphatic carbocycles. The molecule has 0 saturated heterocycles. The predicted octanol–water partition coefficient (Wildman–Crippen LogP) is 4.22. The number of hydrogen-bond acceptors (Lipinski definition) is 1. The summed E-state index contributed by atoms with van der Waals surface area (Å²) in [6, 6.07) is 23.6. The standard InChI is InChI=1S/C17H12N/c1-2-7-14(8-3-1)16-10-4-5-11-17(16)15-9-6-12-18-13-15/h1-4,6-13H. The van der Waals surface area contributed by atoms with Gasteiger partial charge in [0.1, 0.15) is 0 Å². The smallest absolute Gasteiger partial charge is 0.0346 e. The highest BCUT2D eigenvalue weighted by atomic mass is 14.6. The van der Waals surface area contributed by atoms with Gasteiger partial charge in [0.25, 0.3) is 0 Å². The first-order chi connectivity index (χ1) is 8.95. The second-order valence-corrected chi connectivity index (χ2v) is 4.08. The summed E-state index contributed by atoms with van der Waals surface area (Å²) in [6.45, 7) is 0. The second-order valence-electron chi connectivity index (χ2n) is 4.08. The van der Waals surface area contributed by atoms with E-state index in [1.165, 1.54) is 11.1 Å². The summed E-state index contributed by atoms with van der Waals surface area (Å²) in [6.07, 6.45) is 3.67. The van der Waals surface area contributed by atoms with E-state index in [0.717, 1.165) is 11.1 Å². The molecule has 0 bridgehead atoms. The highest BCUT2D eigenvalue weighted by Crippen LogP contribution is 2.30. The molecular weight excluding hydrogens is 218 g/mol. The average Bonchev–Trinajstić information content (AvgIpc) is 2.49. The van der Waals surface area contributed by atoms with E-state index >= 15 is 0 Å². The Morgan fingerprint density at radius 2 is 1.61 bits per heavy atom. The van der Waals surface area contributed by atoms with Crippen molar-refractivity contribution in [2.45, 2.75) is 0 Å². The lowest BCUT2D eigenvalue weighted by Gasteiger charge is -2.09. The van der Waals surface area contributed by atoms with E-state index < -0.39 is 0 Å². The summed E-state index contributed by atoms with van der Waals surface area (Å²) in [7, 11) is 0. The third-order valence-electron chi connectivity index (χ3n) is 2.92. The number of hydrogen-bond donors (Lipinski definition) is 0. The fourth-order valence-corrected chi connectivity index (χ4v) is 2.06. The maximum absolute atomic E-state index is 4.18. The van der Waals surface area contributed by atoms with E-state index in [-0.39, 0.29) is 0 Å². The van der Waals surface area contributed by atoms with Gasteiger partial charge in [-0.2, -0.15) is 0 Å². The highest BCUT2D eigenvalue weighted by Gasteiger charge is 2.05. The molecule has 1 heteroatoms. The molecule has 0 spiro atoms. The largest absolute Gasteiger partial charge is 0.264 e. The quantitative estimate of drug-likeness (QED) is 0.642. The SMILES string of the molecule is [c]1ccc(-c2ccccc2)c(-c2cccnc2)c1. The van der Waals surface area contributed by atoms with Crippen molar-refractivity contribution in [1.82, 2.24) is 4.98 Å². The number of aromatic nitrogens is 1. The van der Waals surface area contributed by atoms with Gasteiger partial charge in [-0.1, -0.05) is 48.5 Å². The Labute approximate surface area is 107 Å². The van der Waals surface area contributed by atoms with Crippen LogP contribution in [0.5, 0.6) is 0 Å². The molecule has 0 saturated carbocycles. The van der Waals surface area contributed by atoms with E-state index in [0.29, 0.717) is 0 Å². The number of pyridine rings is 1. The molecule has 0 fully saturated rings. The first kappa shape index (κ1) is 10.7.